The van der Waals surface area contributed by atoms with Crippen molar-refractivity contribution in [2.24, 2.45) is 0 Å². The van der Waals surface area contributed by atoms with Gasteiger partial charge >= 0.3 is 5.97 Å². The molecule has 0 bridgehead atoms. The molecule has 120 valence electrons. The maximum atomic E-state index is 11.1. The van der Waals surface area contributed by atoms with Gasteiger partial charge in [0, 0.05) is 33.4 Å². The zero-order valence-corrected chi connectivity index (χ0v) is 14.3. The zero-order valence-electron chi connectivity index (χ0n) is 12.7. The topological polar surface area (TPSA) is 42.2 Å². The summed E-state index contributed by atoms with van der Waals surface area (Å²) < 4.78 is 3.33. The first-order valence-electron chi connectivity index (χ1n) is 7.56. The Morgan fingerprint density at radius 3 is 2.79 bits per heavy atom. The van der Waals surface area contributed by atoms with Crippen LogP contribution in [0, 0.1) is 0 Å². The van der Waals surface area contributed by atoms with Gasteiger partial charge in [-0.1, -0.05) is 29.8 Å². The van der Waals surface area contributed by atoms with Crippen LogP contribution in [0.5, 0.6) is 0 Å². The average Bonchev–Trinajstić information content (AvgIpc) is 3.10. The molecule has 0 saturated carbocycles. The summed E-state index contributed by atoms with van der Waals surface area (Å²) in [5.41, 5.74) is 3.09. The molecule has 0 amide bonds. The quantitative estimate of drug-likeness (QED) is 0.547. The largest absolute Gasteiger partial charge is 0.481 e. The third kappa shape index (κ3) is 2.68. The Bertz CT molecular complexity index is 1060. The summed E-state index contributed by atoms with van der Waals surface area (Å²) in [6.07, 6.45) is 1.98. The summed E-state index contributed by atoms with van der Waals surface area (Å²) in [6, 6.07) is 13.9. The van der Waals surface area contributed by atoms with Gasteiger partial charge in [-0.3, -0.25) is 4.79 Å². The van der Waals surface area contributed by atoms with Crippen molar-refractivity contribution < 1.29 is 9.90 Å². The van der Waals surface area contributed by atoms with E-state index in [0.29, 0.717) is 6.54 Å². The Labute approximate surface area is 147 Å². The molecule has 4 aromatic rings. The second-order valence-electron chi connectivity index (χ2n) is 5.77. The number of nitrogens with zero attached hydrogens (tertiary/aromatic N) is 1. The lowest BCUT2D eigenvalue weighted by molar-refractivity contribution is -0.136. The summed E-state index contributed by atoms with van der Waals surface area (Å²) >= 11 is 7.84. The summed E-state index contributed by atoms with van der Waals surface area (Å²) in [5.74, 6) is -0.814. The molecule has 0 aliphatic rings. The minimum Gasteiger partial charge on any atom is -0.481 e. The molecule has 0 aliphatic heterocycles. The normalized spacial score (nSPS) is 11.4. The van der Waals surface area contributed by atoms with Crippen LogP contribution in [0.15, 0.2) is 54.0 Å². The van der Waals surface area contributed by atoms with E-state index in [-0.39, 0.29) is 6.42 Å². The van der Waals surface area contributed by atoms with E-state index < -0.39 is 5.97 Å². The number of halogens is 1. The van der Waals surface area contributed by atoms with E-state index in [0.717, 1.165) is 26.9 Å². The minimum atomic E-state index is -0.814. The lowest BCUT2D eigenvalue weighted by Gasteiger charge is -2.05. The van der Waals surface area contributed by atoms with E-state index in [9.17, 15) is 4.79 Å². The molecular weight excluding hydrogens is 342 g/mol. The van der Waals surface area contributed by atoms with Crippen LogP contribution >= 0.6 is 22.9 Å². The molecule has 1 N–H and O–H groups in total. The highest BCUT2D eigenvalue weighted by atomic mass is 35.5. The molecule has 0 unspecified atom stereocenters. The molecule has 2 aromatic heterocycles. The monoisotopic (exact) mass is 355 g/mol. The molecule has 3 nitrogen and oxygen atoms in total. The average molecular weight is 356 g/mol. The molecule has 0 radical (unpaired) electrons. The fourth-order valence-electron chi connectivity index (χ4n) is 3.12. The lowest BCUT2D eigenvalue weighted by Crippen LogP contribution is -2.00. The summed E-state index contributed by atoms with van der Waals surface area (Å²) in [5, 5.41) is 14.2. The van der Waals surface area contributed by atoms with Gasteiger partial charge in [0.05, 0.1) is 6.42 Å². The van der Waals surface area contributed by atoms with Crippen LogP contribution in [0.2, 0.25) is 5.02 Å². The number of para-hydroxylation sites is 1. The number of fused-ring (bicyclic) bond motifs is 2. The molecule has 4 rings (SSSR count). The van der Waals surface area contributed by atoms with Gasteiger partial charge in [-0.25, -0.2) is 0 Å². The van der Waals surface area contributed by atoms with Crippen LogP contribution in [0.4, 0.5) is 0 Å². The van der Waals surface area contributed by atoms with E-state index in [2.05, 4.69) is 9.95 Å². The lowest BCUT2D eigenvalue weighted by atomic mass is 10.1. The van der Waals surface area contributed by atoms with E-state index in [1.54, 1.807) is 11.3 Å². The number of hydrogen-bond donors (Lipinski definition) is 1. The van der Waals surface area contributed by atoms with Crippen LogP contribution in [-0.4, -0.2) is 15.6 Å². The van der Waals surface area contributed by atoms with Crippen molar-refractivity contribution in [3.63, 3.8) is 0 Å². The number of carboxylic acid groups (broad SMARTS) is 1. The number of aromatic nitrogens is 1. The van der Waals surface area contributed by atoms with Gasteiger partial charge in [-0.15, -0.1) is 11.3 Å². The van der Waals surface area contributed by atoms with Crippen molar-refractivity contribution in [3.8, 4) is 0 Å². The van der Waals surface area contributed by atoms with Crippen molar-refractivity contribution >= 4 is 49.9 Å². The molecule has 2 heterocycles. The summed E-state index contributed by atoms with van der Waals surface area (Å²) in [7, 11) is 0. The van der Waals surface area contributed by atoms with Crippen molar-refractivity contribution in [1.29, 1.82) is 0 Å². The van der Waals surface area contributed by atoms with E-state index in [4.69, 9.17) is 16.7 Å². The van der Waals surface area contributed by atoms with Gasteiger partial charge < -0.3 is 9.67 Å². The Balaban J connectivity index is 1.81. The third-order valence-electron chi connectivity index (χ3n) is 4.17. The van der Waals surface area contributed by atoms with Crippen LogP contribution in [-0.2, 0) is 17.8 Å². The molecule has 5 heteroatoms. The molecule has 0 spiro atoms. The van der Waals surface area contributed by atoms with Crippen molar-refractivity contribution in [3.05, 3.63) is 70.2 Å². The van der Waals surface area contributed by atoms with Crippen LogP contribution in [0.3, 0.4) is 0 Å². The van der Waals surface area contributed by atoms with E-state index >= 15 is 0 Å². The second-order valence-corrected chi connectivity index (χ2v) is 7.12. The van der Waals surface area contributed by atoms with Gasteiger partial charge in [-0.2, -0.15) is 0 Å². The smallest absolute Gasteiger partial charge is 0.307 e. The van der Waals surface area contributed by atoms with Gasteiger partial charge in [0.25, 0.3) is 0 Å². The standard InChI is InChI=1S/C19H14ClNO2S/c20-14-5-6-18-16(8-14)13(11-24-18)10-21-9-12(7-19(22)23)15-3-1-2-4-17(15)21/h1-6,8-9,11H,7,10H2,(H,22,23). The maximum Gasteiger partial charge on any atom is 0.307 e. The third-order valence-corrected chi connectivity index (χ3v) is 5.42. The fourth-order valence-corrected chi connectivity index (χ4v) is 4.22. The van der Waals surface area contributed by atoms with Gasteiger partial charge in [0.15, 0.2) is 0 Å². The fraction of sp³-hybridized carbons (Fsp3) is 0.105. The molecule has 0 saturated heterocycles. The van der Waals surface area contributed by atoms with Crippen LogP contribution in [0.1, 0.15) is 11.1 Å². The molecule has 2 aromatic carbocycles. The maximum absolute atomic E-state index is 11.1. The van der Waals surface area contributed by atoms with Gasteiger partial charge in [0.2, 0.25) is 0 Å². The number of rotatable bonds is 4. The highest BCUT2D eigenvalue weighted by Gasteiger charge is 2.13. The minimum absolute atomic E-state index is 0.0315. The van der Waals surface area contributed by atoms with Crippen molar-refractivity contribution in [2.75, 3.05) is 0 Å². The first-order valence-corrected chi connectivity index (χ1v) is 8.82. The highest BCUT2D eigenvalue weighted by Crippen LogP contribution is 2.31. The van der Waals surface area contributed by atoms with E-state index in [1.807, 2.05) is 48.7 Å². The predicted molar refractivity (Wildman–Crippen MR) is 99.2 cm³/mol. The van der Waals surface area contributed by atoms with Crippen LogP contribution in [0.25, 0.3) is 21.0 Å². The Morgan fingerprint density at radius 2 is 1.96 bits per heavy atom. The summed E-state index contributed by atoms with van der Waals surface area (Å²) in [6.45, 7) is 0.695. The summed E-state index contributed by atoms with van der Waals surface area (Å²) in [4.78, 5) is 11.1. The molecule has 24 heavy (non-hydrogen) atoms. The number of benzene rings is 2. The Hall–Kier alpha value is -2.30. The number of carbonyl (C=O) groups is 1. The second kappa shape index (κ2) is 5.96. The van der Waals surface area contributed by atoms with Gasteiger partial charge in [-0.05, 0) is 46.2 Å². The Morgan fingerprint density at radius 1 is 1.12 bits per heavy atom. The van der Waals surface area contributed by atoms with E-state index in [1.165, 1.54) is 10.3 Å². The zero-order chi connectivity index (χ0) is 16.7. The molecular formula is C19H14ClNO2S. The number of aliphatic carboxylic acids is 1. The number of hydrogen-bond acceptors (Lipinski definition) is 2. The SMILES string of the molecule is O=C(O)Cc1cn(Cc2csc3ccc(Cl)cc23)c2ccccc12. The first kappa shape index (κ1) is 15.2. The highest BCUT2D eigenvalue weighted by molar-refractivity contribution is 7.17. The molecule has 0 fully saturated rings. The van der Waals surface area contributed by atoms with Gasteiger partial charge in [0.1, 0.15) is 0 Å². The number of thiophene rings is 1. The predicted octanol–water partition coefficient (Wildman–Crippen LogP) is 5.18. The Kier molecular flexibility index (Phi) is 3.79. The first-order chi connectivity index (χ1) is 11.6. The number of carboxylic acids is 1. The van der Waals surface area contributed by atoms with Crippen LogP contribution < -0.4 is 0 Å². The van der Waals surface area contributed by atoms with Crippen molar-refractivity contribution in [2.45, 2.75) is 13.0 Å². The molecule has 0 aliphatic carbocycles. The van der Waals surface area contributed by atoms with Crippen molar-refractivity contribution in [1.82, 2.24) is 4.57 Å². The molecule has 0 atom stereocenters.